The number of amides is 1. The van der Waals surface area contributed by atoms with Gasteiger partial charge in [0.2, 0.25) is 5.91 Å². The zero-order chi connectivity index (χ0) is 17.4. The molecule has 1 heterocycles. The van der Waals surface area contributed by atoms with Gasteiger partial charge in [0.25, 0.3) is 0 Å². The molecule has 5 nitrogen and oxygen atoms in total. The number of hydrogen-bond acceptors (Lipinski definition) is 2. The van der Waals surface area contributed by atoms with Gasteiger partial charge in [-0.05, 0) is 37.7 Å². The number of guanidine groups is 1. The topological polar surface area (TPSA) is 56.7 Å². The number of benzene rings is 1. The molecule has 1 aliphatic heterocycles. The highest BCUT2D eigenvalue weighted by Gasteiger charge is 2.28. The number of aliphatic imine (C=N–C) groups is 1. The first kappa shape index (κ1) is 18.3. The molecule has 5 heteroatoms. The molecule has 132 valence electrons. The van der Waals surface area contributed by atoms with Gasteiger partial charge in [0.1, 0.15) is 6.54 Å². The number of nitrogens with one attached hydrogen (secondary N) is 2. The third kappa shape index (κ3) is 4.98. The second kappa shape index (κ2) is 9.30. The molecule has 2 N–H and O–H groups in total. The molecule has 0 aromatic heterocycles. The third-order valence-corrected chi connectivity index (χ3v) is 4.51. The van der Waals surface area contributed by atoms with E-state index in [0.29, 0.717) is 18.4 Å². The SMILES string of the molecule is CCNC(=O)CN=C(NCC)N1CCC(c2ccccc2)C(C)C1. The summed E-state index contributed by atoms with van der Waals surface area (Å²) < 4.78 is 0. The lowest BCUT2D eigenvalue weighted by Crippen LogP contribution is -2.48. The number of carbonyl (C=O) groups is 1. The first-order valence-corrected chi connectivity index (χ1v) is 9.00. The molecule has 24 heavy (non-hydrogen) atoms. The Morgan fingerprint density at radius 2 is 1.92 bits per heavy atom. The minimum absolute atomic E-state index is 0.0277. The van der Waals surface area contributed by atoms with E-state index in [-0.39, 0.29) is 12.5 Å². The highest BCUT2D eigenvalue weighted by molar-refractivity contribution is 5.85. The van der Waals surface area contributed by atoms with Crippen molar-refractivity contribution in [1.82, 2.24) is 15.5 Å². The van der Waals surface area contributed by atoms with Crippen LogP contribution in [0.3, 0.4) is 0 Å². The molecule has 0 aliphatic carbocycles. The Morgan fingerprint density at radius 3 is 2.54 bits per heavy atom. The lowest BCUT2D eigenvalue weighted by atomic mass is 9.82. The van der Waals surface area contributed by atoms with Crippen LogP contribution in [0.15, 0.2) is 35.3 Å². The summed E-state index contributed by atoms with van der Waals surface area (Å²) in [6, 6.07) is 10.8. The summed E-state index contributed by atoms with van der Waals surface area (Å²) in [6.45, 7) is 9.84. The zero-order valence-electron chi connectivity index (χ0n) is 15.1. The lowest BCUT2D eigenvalue weighted by molar-refractivity contribution is -0.119. The van der Waals surface area contributed by atoms with Gasteiger partial charge in [0, 0.05) is 26.2 Å². The molecule has 1 aromatic carbocycles. The number of nitrogens with zero attached hydrogens (tertiary/aromatic N) is 2. The standard InChI is InChI=1S/C19H30N4O/c1-4-20-18(24)13-22-19(21-5-2)23-12-11-17(15(3)14-23)16-9-7-6-8-10-16/h6-10,15,17H,4-5,11-14H2,1-3H3,(H,20,24)(H,21,22). The predicted octanol–water partition coefficient (Wildman–Crippen LogP) is 2.21. The molecule has 1 fully saturated rings. The van der Waals surface area contributed by atoms with Crippen molar-refractivity contribution in [2.45, 2.75) is 33.1 Å². The Morgan fingerprint density at radius 1 is 1.21 bits per heavy atom. The number of piperidine rings is 1. The van der Waals surface area contributed by atoms with Crippen LogP contribution in [0.25, 0.3) is 0 Å². The summed E-state index contributed by atoms with van der Waals surface area (Å²) in [7, 11) is 0. The van der Waals surface area contributed by atoms with Crippen LogP contribution in [0, 0.1) is 5.92 Å². The molecule has 1 saturated heterocycles. The van der Waals surface area contributed by atoms with Gasteiger partial charge in [-0.1, -0.05) is 37.3 Å². The van der Waals surface area contributed by atoms with Crippen molar-refractivity contribution >= 4 is 11.9 Å². The number of carbonyl (C=O) groups excluding carboxylic acids is 1. The lowest BCUT2D eigenvalue weighted by Gasteiger charge is -2.39. The zero-order valence-corrected chi connectivity index (χ0v) is 15.1. The van der Waals surface area contributed by atoms with E-state index in [1.54, 1.807) is 0 Å². The Balaban J connectivity index is 2.00. The monoisotopic (exact) mass is 330 g/mol. The van der Waals surface area contributed by atoms with Crippen molar-refractivity contribution in [3.63, 3.8) is 0 Å². The summed E-state index contributed by atoms with van der Waals surface area (Å²) in [6.07, 6.45) is 1.11. The highest BCUT2D eigenvalue weighted by atomic mass is 16.1. The summed E-state index contributed by atoms with van der Waals surface area (Å²) in [5, 5.41) is 6.11. The van der Waals surface area contributed by atoms with Crippen LogP contribution in [-0.4, -0.2) is 49.5 Å². The maximum Gasteiger partial charge on any atom is 0.241 e. The van der Waals surface area contributed by atoms with E-state index in [0.717, 1.165) is 32.0 Å². The normalized spacial score (nSPS) is 21.5. The van der Waals surface area contributed by atoms with Gasteiger partial charge < -0.3 is 15.5 Å². The number of likely N-dealkylation sites (tertiary alicyclic amines) is 1. The average molecular weight is 330 g/mol. The molecule has 0 spiro atoms. The summed E-state index contributed by atoms with van der Waals surface area (Å²) in [5.74, 6) is 1.96. The Hall–Kier alpha value is -2.04. The van der Waals surface area contributed by atoms with Crippen molar-refractivity contribution in [2.75, 3.05) is 32.7 Å². The van der Waals surface area contributed by atoms with Gasteiger partial charge in [0.15, 0.2) is 5.96 Å². The van der Waals surface area contributed by atoms with Gasteiger partial charge in [0.05, 0.1) is 0 Å². The second-order valence-electron chi connectivity index (χ2n) is 6.35. The third-order valence-electron chi connectivity index (χ3n) is 4.51. The molecule has 1 aliphatic rings. The van der Waals surface area contributed by atoms with Gasteiger partial charge in [-0.15, -0.1) is 0 Å². The van der Waals surface area contributed by atoms with Crippen molar-refractivity contribution in [2.24, 2.45) is 10.9 Å². The van der Waals surface area contributed by atoms with E-state index in [9.17, 15) is 4.79 Å². The molecule has 1 amide bonds. The van der Waals surface area contributed by atoms with E-state index in [4.69, 9.17) is 0 Å². The summed E-state index contributed by atoms with van der Waals surface area (Å²) >= 11 is 0. The summed E-state index contributed by atoms with van der Waals surface area (Å²) in [5.41, 5.74) is 1.42. The van der Waals surface area contributed by atoms with Crippen LogP contribution in [0.4, 0.5) is 0 Å². The van der Waals surface area contributed by atoms with E-state index in [1.807, 2.05) is 6.92 Å². The van der Waals surface area contributed by atoms with E-state index in [1.165, 1.54) is 5.56 Å². The van der Waals surface area contributed by atoms with Gasteiger partial charge >= 0.3 is 0 Å². The minimum Gasteiger partial charge on any atom is -0.357 e. The maximum absolute atomic E-state index is 11.7. The van der Waals surface area contributed by atoms with Crippen LogP contribution in [0.5, 0.6) is 0 Å². The van der Waals surface area contributed by atoms with E-state index >= 15 is 0 Å². The van der Waals surface area contributed by atoms with Gasteiger partial charge in [-0.2, -0.15) is 0 Å². The van der Waals surface area contributed by atoms with Crippen molar-refractivity contribution in [3.8, 4) is 0 Å². The largest absolute Gasteiger partial charge is 0.357 e. The highest BCUT2D eigenvalue weighted by Crippen LogP contribution is 2.32. The fraction of sp³-hybridized carbons (Fsp3) is 0.579. The van der Waals surface area contributed by atoms with Crippen molar-refractivity contribution in [1.29, 1.82) is 0 Å². The molecule has 1 aromatic rings. The molecule has 2 rings (SSSR count). The maximum atomic E-state index is 11.7. The van der Waals surface area contributed by atoms with Gasteiger partial charge in [-0.25, -0.2) is 4.99 Å². The van der Waals surface area contributed by atoms with E-state index in [2.05, 4.69) is 64.7 Å². The van der Waals surface area contributed by atoms with Crippen molar-refractivity contribution < 1.29 is 4.79 Å². The molecule has 2 unspecified atom stereocenters. The second-order valence-corrected chi connectivity index (χ2v) is 6.35. The molecule has 0 radical (unpaired) electrons. The average Bonchev–Trinajstić information content (AvgIpc) is 2.59. The van der Waals surface area contributed by atoms with Crippen molar-refractivity contribution in [3.05, 3.63) is 35.9 Å². The first-order chi connectivity index (χ1) is 11.7. The van der Waals surface area contributed by atoms with E-state index < -0.39 is 0 Å². The fourth-order valence-corrected chi connectivity index (χ4v) is 3.36. The molecular formula is C19H30N4O. The summed E-state index contributed by atoms with van der Waals surface area (Å²) in [4.78, 5) is 18.5. The fourth-order valence-electron chi connectivity index (χ4n) is 3.36. The molecular weight excluding hydrogens is 300 g/mol. The van der Waals surface area contributed by atoms with Crippen LogP contribution in [0.1, 0.15) is 38.7 Å². The Kier molecular flexibility index (Phi) is 7.09. The number of likely N-dealkylation sites (N-methyl/N-ethyl adjacent to an activating group) is 1. The van der Waals surface area contributed by atoms with Crippen LogP contribution in [-0.2, 0) is 4.79 Å². The van der Waals surface area contributed by atoms with Crippen LogP contribution >= 0.6 is 0 Å². The Bertz CT molecular complexity index is 544. The van der Waals surface area contributed by atoms with Crippen LogP contribution < -0.4 is 10.6 Å². The molecule has 0 bridgehead atoms. The van der Waals surface area contributed by atoms with Gasteiger partial charge in [-0.3, -0.25) is 4.79 Å². The number of hydrogen-bond donors (Lipinski definition) is 2. The molecule has 2 atom stereocenters. The predicted molar refractivity (Wildman–Crippen MR) is 99.2 cm³/mol. The quantitative estimate of drug-likeness (QED) is 0.643. The minimum atomic E-state index is -0.0277. The van der Waals surface area contributed by atoms with Crippen LogP contribution in [0.2, 0.25) is 0 Å². The smallest absolute Gasteiger partial charge is 0.241 e. The Labute approximate surface area is 145 Å². The first-order valence-electron chi connectivity index (χ1n) is 9.00. The molecule has 0 saturated carbocycles. The number of rotatable bonds is 5.